The molecule has 3 aliphatic heterocycles. The van der Waals surface area contributed by atoms with Crippen molar-refractivity contribution in [1.82, 2.24) is 15.1 Å². The third-order valence-corrected chi connectivity index (χ3v) is 11.2. The summed E-state index contributed by atoms with van der Waals surface area (Å²) in [5.74, 6) is 1.16. The van der Waals surface area contributed by atoms with Gasteiger partial charge < -0.3 is 15.1 Å². The Balaban J connectivity index is 1.27. The lowest BCUT2D eigenvalue weighted by Crippen LogP contribution is -2.55. The third-order valence-electron chi connectivity index (χ3n) is 9.00. The van der Waals surface area contributed by atoms with E-state index in [-0.39, 0.29) is 23.1 Å². The molecule has 10 heteroatoms. The SMILES string of the molecule is Cc1ccc(CSC[C@H](NC(=O)C2CCN(C)CC2)C(=O)N2CCC3(CC2)CN(S(C)(=O)=O)c2ccccc23)cc1. The minimum Gasteiger partial charge on any atom is -0.343 e. The highest BCUT2D eigenvalue weighted by Gasteiger charge is 2.48. The maximum atomic E-state index is 13.9. The molecule has 1 spiro atoms. The van der Waals surface area contributed by atoms with Gasteiger partial charge in [0.15, 0.2) is 0 Å². The minimum atomic E-state index is -3.40. The standard InChI is InChI=1S/C31H42N4O4S2/c1-23-8-10-24(11-9-23)20-40-21-27(32-29(36)25-12-16-33(2)17-13-25)30(37)34-18-14-31(15-19-34)22-35(41(3,38)39)28-7-5-4-6-26(28)31/h4-11,25,27H,12-22H2,1-3H3,(H,32,36)/t27-/m0/s1. The molecule has 0 unspecified atom stereocenters. The van der Waals surface area contributed by atoms with Crippen molar-refractivity contribution >= 4 is 39.3 Å². The van der Waals surface area contributed by atoms with Gasteiger partial charge in [0.2, 0.25) is 21.8 Å². The summed E-state index contributed by atoms with van der Waals surface area (Å²) in [5.41, 5.74) is 3.92. The molecule has 1 N–H and O–H groups in total. The van der Waals surface area contributed by atoms with Crippen molar-refractivity contribution in [2.45, 2.75) is 49.8 Å². The lowest BCUT2D eigenvalue weighted by atomic mass is 9.74. The van der Waals surface area contributed by atoms with E-state index in [0.717, 1.165) is 42.9 Å². The summed E-state index contributed by atoms with van der Waals surface area (Å²) in [4.78, 5) is 31.3. The van der Waals surface area contributed by atoms with Crippen LogP contribution in [0.15, 0.2) is 48.5 Å². The Bertz CT molecular complexity index is 1350. The zero-order valence-corrected chi connectivity index (χ0v) is 26.0. The van der Waals surface area contributed by atoms with Crippen LogP contribution in [0.25, 0.3) is 0 Å². The van der Waals surface area contributed by atoms with Gasteiger partial charge in [-0.2, -0.15) is 11.8 Å². The summed E-state index contributed by atoms with van der Waals surface area (Å²) < 4.78 is 26.7. The molecule has 5 rings (SSSR count). The van der Waals surface area contributed by atoms with E-state index >= 15 is 0 Å². The predicted molar refractivity (Wildman–Crippen MR) is 166 cm³/mol. The number of sulfonamides is 1. The average molecular weight is 599 g/mol. The number of amides is 2. The van der Waals surface area contributed by atoms with Crippen molar-refractivity contribution < 1.29 is 18.0 Å². The minimum absolute atomic E-state index is 0.0191. The number of likely N-dealkylation sites (tertiary alicyclic amines) is 2. The Morgan fingerprint density at radius 2 is 1.68 bits per heavy atom. The van der Waals surface area contributed by atoms with Crippen molar-refractivity contribution in [3.8, 4) is 0 Å². The molecule has 8 nitrogen and oxygen atoms in total. The molecule has 0 aliphatic carbocycles. The number of para-hydroxylation sites is 1. The first-order valence-corrected chi connectivity index (χ1v) is 17.5. The molecule has 3 heterocycles. The first-order valence-electron chi connectivity index (χ1n) is 14.5. The highest BCUT2D eigenvalue weighted by Crippen LogP contribution is 2.47. The number of hydrogen-bond donors (Lipinski definition) is 1. The summed E-state index contributed by atoms with van der Waals surface area (Å²) >= 11 is 1.67. The lowest BCUT2D eigenvalue weighted by molar-refractivity contribution is -0.138. The van der Waals surface area contributed by atoms with Crippen molar-refractivity contribution in [2.75, 3.05) is 56.1 Å². The monoisotopic (exact) mass is 598 g/mol. The molecule has 41 heavy (non-hydrogen) atoms. The third kappa shape index (κ3) is 6.75. The van der Waals surface area contributed by atoms with Gasteiger partial charge in [0.1, 0.15) is 6.04 Å². The Hall–Kier alpha value is -2.56. The van der Waals surface area contributed by atoms with Gasteiger partial charge in [0.05, 0.1) is 11.9 Å². The normalized spacial score (nSPS) is 20.2. The highest BCUT2D eigenvalue weighted by molar-refractivity contribution is 7.98. The number of piperidine rings is 2. The average Bonchev–Trinajstić information content (AvgIpc) is 3.28. The fourth-order valence-corrected chi connectivity index (χ4v) is 8.40. The van der Waals surface area contributed by atoms with E-state index in [0.29, 0.717) is 38.2 Å². The molecular formula is C31H42N4O4S2. The molecule has 2 saturated heterocycles. The highest BCUT2D eigenvalue weighted by atomic mass is 32.2. The predicted octanol–water partition coefficient (Wildman–Crippen LogP) is 3.39. The van der Waals surface area contributed by atoms with Gasteiger partial charge >= 0.3 is 0 Å². The number of hydrogen-bond acceptors (Lipinski definition) is 6. The number of nitrogens with one attached hydrogen (secondary N) is 1. The molecule has 2 aromatic rings. The summed E-state index contributed by atoms with van der Waals surface area (Å²) in [6, 6.07) is 15.6. The quantitative estimate of drug-likeness (QED) is 0.501. The number of fused-ring (bicyclic) bond motifs is 2. The number of thioether (sulfide) groups is 1. The van der Waals surface area contributed by atoms with Crippen LogP contribution in [0.1, 0.15) is 42.4 Å². The van der Waals surface area contributed by atoms with Crippen LogP contribution in [0.3, 0.4) is 0 Å². The van der Waals surface area contributed by atoms with Crippen LogP contribution in [0.5, 0.6) is 0 Å². The number of rotatable bonds is 8. The van der Waals surface area contributed by atoms with Crippen LogP contribution in [0.2, 0.25) is 0 Å². The van der Waals surface area contributed by atoms with Crippen molar-refractivity contribution in [3.63, 3.8) is 0 Å². The molecule has 2 aromatic carbocycles. The van der Waals surface area contributed by atoms with E-state index in [1.54, 1.807) is 11.8 Å². The van der Waals surface area contributed by atoms with Crippen LogP contribution in [0.4, 0.5) is 5.69 Å². The molecule has 0 bridgehead atoms. The topological polar surface area (TPSA) is 90.0 Å². The molecule has 3 aliphatic rings. The number of benzene rings is 2. The molecule has 222 valence electrons. The summed E-state index contributed by atoms with van der Waals surface area (Å²) in [6.45, 7) is 5.33. The number of carbonyl (C=O) groups excluding carboxylic acids is 2. The molecular weight excluding hydrogens is 556 g/mol. The van der Waals surface area contributed by atoms with Crippen LogP contribution in [0, 0.1) is 12.8 Å². The molecule has 2 fully saturated rings. The van der Waals surface area contributed by atoms with E-state index in [4.69, 9.17) is 0 Å². The summed E-state index contributed by atoms with van der Waals surface area (Å²) in [7, 11) is -1.33. The van der Waals surface area contributed by atoms with E-state index < -0.39 is 16.1 Å². The zero-order valence-electron chi connectivity index (χ0n) is 24.3. The molecule has 2 amide bonds. The van der Waals surface area contributed by atoms with Gasteiger partial charge in [-0.25, -0.2) is 8.42 Å². The fourth-order valence-electron chi connectivity index (χ4n) is 6.40. The van der Waals surface area contributed by atoms with Crippen LogP contribution >= 0.6 is 11.8 Å². The van der Waals surface area contributed by atoms with Crippen LogP contribution in [-0.2, 0) is 30.8 Å². The summed E-state index contributed by atoms with van der Waals surface area (Å²) in [5, 5.41) is 3.14. The van der Waals surface area contributed by atoms with E-state index in [1.165, 1.54) is 21.7 Å². The van der Waals surface area contributed by atoms with Crippen molar-refractivity contribution in [2.24, 2.45) is 5.92 Å². The number of aryl methyl sites for hydroxylation is 1. The molecule has 0 saturated carbocycles. The van der Waals surface area contributed by atoms with Gasteiger partial charge in [0, 0.05) is 42.5 Å². The van der Waals surface area contributed by atoms with Gasteiger partial charge in [-0.15, -0.1) is 0 Å². The Labute approximate surface area is 248 Å². The van der Waals surface area contributed by atoms with Crippen LogP contribution < -0.4 is 9.62 Å². The maximum absolute atomic E-state index is 13.9. The molecule has 0 radical (unpaired) electrons. The molecule has 0 aromatic heterocycles. The van der Waals surface area contributed by atoms with Gasteiger partial charge in [-0.3, -0.25) is 13.9 Å². The lowest BCUT2D eigenvalue weighted by Gasteiger charge is -2.41. The second kappa shape index (κ2) is 12.4. The van der Waals surface area contributed by atoms with Gasteiger partial charge in [0.25, 0.3) is 0 Å². The largest absolute Gasteiger partial charge is 0.343 e. The number of nitrogens with zero attached hydrogens (tertiary/aromatic N) is 3. The number of carbonyl (C=O) groups is 2. The first kappa shape index (κ1) is 29.9. The van der Waals surface area contributed by atoms with Gasteiger partial charge in [-0.1, -0.05) is 48.0 Å². The zero-order chi connectivity index (χ0) is 29.2. The van der Waals surface area contributed by atoms with Crippen LogP contribution in [-0.4, -0.2) is 87.9 Å². The smallest absolute Gasteiger partial charge is 0.246 e. The number of anilines is 1. The van der Waals surface area contributed by atoms with E-state index in [1.807, 2.05) is 29.2 Å². The Kier molecular flexibility index (Phi) is 9.01. The summed E-state index contributed by atoms with van der Waals surface area (Å²) in [6.07, 6.45) is 4.25. The maximum Gasteiger partial charge on any atom is 0.246 e. The second-order valence-corrected chi connectivity index (χ2v) is 15.0. The Morgan fingerprint density at radius 1 is 1.02 bits per heavy atom. The Morgan fingerprint density at radius 3 is 2.34 bits per heavy atom. The fraction of sp³-hybridized carbons (Fsp3) is 0.548. The van der Waals surface area contributed by atoms with Crippen molar-refractivity contribution in [1.29, 1.82) is 0 Å². The molecule has 1 atom stereocenters. The van der Waals surface area contributed by atoms with Gasteiger partial charge in [-0.05, 0) is 69.9 Å². The van der Waals surface area contributed by atoms with Crippen molar-refractivity contribution in [3.05, 3.63) is 65.2 Å². The van der Waals surface area contributed by atoms with E-state index in [9.17, 15) is 18.0 Å². The first-order chi connectivity index (χ1) is 19.6. The van der Waals surface area contributed by atoms with E-state index in [2.05, 4.69) is 48.5 Å². The second-order valence-electron chi connectivity index (χ2n) is 12.0.